The minimum absolute atomic E-state index is 0.131. The molecule has 0 saturated carbocycles. The molecular weight excluding hydrogens is 463 g/mol. The number of hydrogen-bond acceptors (Lipinski definition) is 6. The molecule has 0 aliphatic rings. The first-order chi connectivity index (χ1) is 14.3. The molecule has 2 aromatic heterocycles. The Morgan fingerprint density at radius 1 is 1.16 bits per heavy atom. The van der Waals surface area contributed by atoms with Crippen LogP contribution in [0.3, 0.4) is 0 Å². The zero-order valence-electron chi connectivity index (χ0n) is 15.7. The first kappa shape index (κ1) is 22.3. The van der Waals surface area contributed by atoms with Gasteiger partial charge in [0.15, 0.2) is 0 Å². The Morgan fingerprint density at radius 2 is 1.74 bits per heavy atom. The Balaban J connectivity index is 2.53. The van der Waals surface area contributed by atoms with E-state index in [2.05, 4.69) is 5.10 Å². The van der Waals surface area contributed by atoms with Crippen molar-refractivity contribution >= 4 is 19.7 Å². The number of halogens is 4. The van der Waals surface area contributed by atoms with Gasteiger partial charge in [0.1, 0.15) is 10.6 Å². The average Bonchev–Trinajstić information content (AvgIpc) is 3.10. The molecule has 31 heavy (non-hydrogen) atoms. The molecule has 0 radical (unpaired) electrons. The molecular formula is C17H11ClF3N5O4S. The van der Waals surface area contributed by atoms with Crippen molar-refractivity contribution in [3.05, 3.63) is 62.6 Å². The molecule has 0 fully saturated rings. The fourth-order valence-corrected chi connectivity index (χ4v) is 3.93. The topological polar surface area (TPSA) is 120 Å². The number of alkyl halides is 3. The summed E-state index contributed by atoms with van der Waals surface area (Å²) < 4.78 is 65.3. The monoisotopic (exact) mass is 473 g/mol. The molecule has 0 atom stereocenters. The summed E-state index contributed by atoms with van der Waals surface area (Å²) in [6.07, 6.45) is -4.42. The summed E-state index contributed by atoms with van der Waals surface area (Å²) in [5.74, 6) is 0. The molecule has 0 amide bonds. The molecule has 0 N–H and O–H groups in total. The van der Waals surface area contributed by atoms with Gasteiger partial charge < -0.3 is 0 Å². The van der Waals surface area contributed by atoms with Gasteiger partial charge in [0.2, 0.25) is 0 Å². The van der Waals surface area contributed by atoms with Gasteiger partial charge in [-0.15, -0.1) is 13.2 Å². The summed E-state index contributed by atoms with van der Waals surface area (Å²) in [5, 5.41) is 12.8. The lowest BCUT2D eigenvalue weighted by molar-refractivity contribution is -0.208. The van der Waals surface area contributed by atoms with Gasteiger partial charge in [-0.1, -0.05) is 0 Å². The van der Waals surface area contributed by atoms with Crippen LogP contribution in [-0.2, 0) is 22.4 Å². The molecule has 0 aliphatic carbocycles. The van der Waals surface area contributed by atoms with Crippen molar-refractivity contribution in [1.82, 2.24) is 18.9 Å². The van der Waals surface area contributed by atoms with E-state index < -0.39 is 53.0 Å². The van der Waals surface area contributed by atoms with Crippen LogP contribution >= 0.6 is 10.7 Å². The molecule has 3 rings (SSSR count). The van der Waals surface area contributed by atoms with Gasteiger partial charge >= 0.3 is 12.0 Å². The second-order valence-corrected chi connectivity index (χ2v) is 8.81. The molecule has 1 aromatic carbocycles. The minimum Gasteiger partial charge on any atom is -0.268 e. The lowest BCUT2D eigenvalue weighted by Gasteiger charge is -2.18. The Morgan fingerprint density at radius 3 is 2.23 bits per heavy atom. The number of nitriles is 1. The third-order valence-corrected chi connectivity index (χ3v) is 5.75. The van der Waals surface area contributed by atoms with Gasteiger partial charge in [-0.25, -0.2) is 22.5 Å². The van der Waals surface area contributed by atoms with Crippen molar-refractivity contribution in [2.45, 2.75) is 18.1 Å². The Hall–Kier alpha value is -3.37. The molecule has 0 unspecified atom stereocenters. The lowest BCUT2D eigenvalue weighted by Crippen LogP contribution is -2.45. The zero-order chi connectivity index (χ0) is 23.3. The third kappa shape index (κ3) is 3.75. The predicted molar refractivity (Wildman–Crippen MR) is 102 cm³/mol. The summed E-state index contributed by atoms with van der Waals surface area (Å²) >= 11 is 0. The number of benzene rings is 1. The Labute approximate surface area is 176 Å². The van der Waals surface area contributed by atoms with E-state index in [0.717, 1.165) is 24.9 Å². The maximum Gasteiger partial charge on any atom is 0.492 e. The van der Waals surface area contributed by atoms with Crippen LogP contribution < -0.4 is 11.2 Å². The van der Waals surface area contributed by atoms with Crippen LogP contribution in [0.5, 0.6) is 0 Å². The van der Waals surface area contributed by atoms with E-state index >= 15 is 0 Å². The quantitative estimate of drug-likeness (QED) is 0.536. The van der Waals surface area contributed by atoms with Gasteiger partial charge in [0, 0.05) is 23.4 Å². The van der Waals surface area contributed by atoms with Crippen LogP contribution in [0, 0.1) is 18.3 Å². The largest absolute Gasteiger partial charge is 0.492 e. The van der Waals surface area contributed by atoms with Crippen molar-refractivity contribution in [3.63, 3.8) is 0 Å². The van der Waals surface area contributed by atoms with E-state index in [4.69, 9.17) is 15.9 Å². The van der Waals surface area contributed by atoms with Crippen LogP contribution in [0.1, 0.15) is 11.3 Å². The van der Waals surface area contributed by atoms with E-state index in [1.165, 1.54) is 24.3 Å². The van der Waals surface area contributed by atoms with Crippen LogP contribution in [0.2, 0.25) is 0 Å². The molecule has 0 saturated heterocycles. The first-order valence-corrected chi connectivity index (χ1v) is 10.5. The highest BCUT2D eigenvalue weighted by molar-refractivity contribution is 8.13. The van der Waals surface area contributed by atoms with Gasteiger partial charge in [0.25, 0.3) is 14.6 Å². The fraction of sp³-hybridized carbons (Fsp3) is 0.176. The average molecular weight is 474 g/mol. The van der Waals surface area contributed by atoms with E-state index in [1.807, 2.05) is 6.07 Å². The van der Waals surface area contributed by atoms with Gasteiger partial charge in [-0.2, -0.15) is 10.4 Å². The number of rotatable bonds is 3. The van der Waals surface area contributed by atoms with Gasteiger partial charge in [-0.3, -0.25) is 9.36 Å². The normalized spacial score (nSPS) is 12.0. The highest BCUT2D eigenvalue weighted by atomic mass is 35.7. The maximum atomic E-state index is 13.5. The summed E-state index contributed by atoms with van der Waals surface area (Å²) in [7, 11) is 1.70. The predicted octanol–water partition coefficient (Wildman–Crippen LogP) is 1.98. The van der Waals surface area contributed by atoms with Crippen molar-refractivity contribution < 1.29 is 21.6 Å². The van der Waals surface area contributed by atoms with Crippen LogP contribution in [0.15, 0.2) is 44.9 Å². The summed E-state index contributed by atoms with van der Waals surface area (Å²) in [6.45, 7) is 0.854. The molecule has 3 aromatic rings. The van der Waals surface area contributed by atoms with Crippen LogP contribution in [0.4, 0.5) is 13.2 Å². The lowest BCUT2D eigenvalue weighted by atomic mass is 10.1. The molecule has 0 aliphatic heterocycles. The Kier molecular flexibility index (Phi) is 5.33. The highest BCUT2D eigenvalue weighted by Gasteiger charge is 2.38. The van der Waals surface area contributed by atoms with Gasteiger partial charge in [-0.05, 0) is 31.2 Å². The van der Waals surface area contributed by atoms with E-state index in [1.54, 1.807) is 0 Å². The van der Waals surface area contributed by atoms with E-state index in [9.17, 15) is 31.2 Å². The van der Waals surface area contributed by atoms with Crippen molar-refractivity contribution in [2.75, 3.05) is 0 Å². The second-order valence-electron chi connectivity index (χ2n) is 6.28. The molecule has 0 bridgehead atoms. The highest BCUT2D eigenvalue weighted by Crippen LogP contribution is 2.33. The molecule has 2 heterocycles. The third-order valence-electron chi connectivity index (χ3n) is 4.42. The summed E-state index contributed by atoms with van der Waals surface area (Å²) in [6, 6.07) is 7.28. The summed E-state index contributed by atoms with van der Waals surface area (Å²) in [4.78, 5) is 24.2. The van der Waals surface area contributed by atoms with E-state index in [0.29, 0.717) is 0 Å². The van der Waals surface area contributed by atoms with Crippen molar-refractivity contribution in [3.8, 4) is 23.0 Å². The van der Waals surface area contributed by atoms with Gasteiger partial charge in [0.05, 0.1) is 29.1 Å². The maximum absolute atomic E-state index is 13.5. The van der Waals surface area contributed by atoms with E-state index in [-0.39, 0.29) is 15.8 Å². The smallest absolute Gasteiger partial charge is 0.268 e. The van der Waals surface area contributed by atoms with Crippen LogP contribution in [0.25, 0.3) is 16.9 Å². The minimum atomic E-state index is -5.19. The first-order valence-electron chi connectivity index (χ1n) is 8.22. The molecule has 0 spiro atoms. The number of hydrogen-bond donors (Lipinski definition) is 0. The fourth-order valence-electron chi connectivity index (χ4n) is 3.00. The van der Waals surface area contributed by atoms with Crippen LogP contribution in [-0.4, -0.2) is 27.3 Å². The Bertz CT molecular complexity index is 1460. The number of aromatic nitrogens is 4. The standard InChI is InChI=1S/C17H11ClF3N5O4S/c1-9-13(15(27)24(2)16(28)25(9)17(19,20)21)14-12(31(18,29)30)8-23-26(14)11-5-3-10(7-22)4-6-11/h3-6,8H,1-2H3. The van der Waals surface area contributed by atoms with Crippen molar-refractivity contribution in [2.24, 2.45) is 7.05 Å². The molecule has 9 nitrogen and oxygen atoms in total. The SMILES string of the molecule is Cc1c(-c2c(S(=O)(=O)Cl)cnn2-c2ccc(C#N)cc2)c(=O)n(C)c(=O)n1C(F)(F)F. The van der Waals surface area contributed by atoms with Crippen molar-refractivity contribution in [1.29, 1.82) is 5.26 Å². The number of nitrogens with zero attached hydrogens (tertiary/aromatic N) is 5. The molecule has 14 heteroatoms. The second kappa shape index (κ2) is 7.40. The molecule has 162 valence electrons. The summed E-state index contributed by atoms with van der Waals surface area (Å²) in [5.41, 5.74) is -4.60. The zero-order valence-corrected chi connectivity index (χ0v) is 17.2.